The first-order chi connectivity index (χ1) is 12.5. The van der Waals surface area contributed by atoms with Gasteiger partial charge >= 0.3 is 6.18 Å². The molecule has 0 saturated carbocycles. The van der Waals surface area contributed by atoms with Crippen LogP contribution in [0.3, 0.4) is 0 Å². The molecule has 2 N–H and O–H groups in total. The fourth-order valence-corrected chi connectivity index (χ4v) is 2.17. The molecular formula is C17H23F3IN5O. The van der Waals surface area contributed by atoms with Crippen molar-refractivity contribution in [3.05, 3.63) is 54.1 Å². The predicted octanol–water partition coefficient (Wildman–Crippen LogP) is 2.95. The fourth-order valence-electron chi connectivity index (χ4n) is 2.17. The highest BCUT2D eigenvalue weighted by Crippen LogP contribution is 2.15. The van der Waals surface area contributed by atoms with Gasteiger partial charge in [0.15, 0.2) is 5.96 Å². The Kier molecular flexibility index (Phi) is 10.1. The third-order valence-electron chi connectivity index (χ3n) is 3.46. The maximum absolute atomic E-state index is 12.0. The van der Waals surface area contributed by atoms with Gasteiger partial charge in [-0.25, -0.2) is 4.98 Å². The number of benzene rings is 1. The first-order valence-corrected chi connectivity index (χ1v) is 8.09. The van der Waals surface area contributed by atoms with Gasteiger partial charge < -0.3 is 19.9 Å². The van der Waals surface area contributed by atoms with Crippen molar-refractivity contribution in [2.24, 2.45) is 4.99 Å². The summed E-state index contributed by atoms with van der Waals surface area (Å²) in [4.78, 5) is 8.12. The molecule has 150 valence electrons. The number of guanidine groups is 1. The van der Waals surface area contributed by atoms with E-state index in [9.17, 15) is 13.2 Å². The summed E-state index contributed by atoms with van der Waals surface area (Å²) in [5.74, 6) is 0.669. The monoisotopic (exact) mass is 497 g/mol. The summed E-state index contributed by atoms with van der Waals surface area (Å²) in [6.45, 7) is 0.718. The minimum absolute atomic E-state index is 0. The molecule has 1 heterocycles. The third-order valence-corrected chi connectivity index (χ3v) is 3.46. The van der Waals surface area contributed by atoms with Crippen LogP contribution in [0.2, 0.25) is 0 Å². The van der Waals surface area contributed by atoms with Gasteiger partial charge in [0.25, 0.3) is 0 Å². The van der Waals surface area contributed by atoms with E-state index < -0.39 is 12.8 Å². The molecule has 0 amide bonds. The number of alkyl halides is 3. The van der Waals surface area contributed by atoms with Gasteiger partial charge in [-0.1, -0.05) is 24.3 Å². The highest BCUT2D eigenvalue weighted by atomic mass is 127. The van der Waals surface area contributed by atoms with Crippen LogP contribution in [-0.4, -0.2) is 41.9 Å². The molecule has 6 nitrogen and oxygen atoms in total. The molecular weight excluding hydrogens is 474 g/mol. The zero-order valence-corrected chi connectivity index (χ0v) is 17.2. The van der Waals surface area contributed by atoms with Crippen molar-refractivity contribution in [2.75, 3.05) is 20.2 Å². The predicted molar refractivity (Wildman–Crippen MR) is 108 cm³/mol. The molecule has 0 aliphatic heterocycles. The summed E-state index contributed by atoms with van der Waals surface area (Å²) in [6.07, 6.45) is 1.06. The molecule has 0 spiro atoms. The van der Waals surface area contributed by atoms with Gasteiger partial charge in [-0.3, -0.25) is 4.99 Å². The largest absolute Gasteiger partial charge is 0.411 e. The van der Waals surface area contributed by atoms with E-state index in [4.69, 9.17) is 0 Å². The number of nitrogens with zero attached hydrogens (tertiary/aromatic N) is 3. The number of nitrogens with one attached hydrogen (secondary N) is 2. The molecule has 0 aliphatic rings. The van der Waals surface area contributed by atoms with Crippen LogP contribution in [0.5, 0.6) is 0 Å². The zero-order valence-electron chi connectivity index (χ0n) is 14.9. The second kappa shape index (κ2) is 11.8. The number of imidazole rings is 1. The molecule has 2 aromatic rings. The minimum atomic E-state index is -4.30. The van der Waals surface area contributed by atoms with Crippen LogP contribution in [0.15, 0.2) is 48.0 Å². The molecule has 10 heteroatoms. The number of hydrogen-bond acceptors (Lipinski definition) is 3. The van der Waals surface area contributed by atoms with Crippen LogP contribution in [-0.2, 0) is 24.4 Å². The zero-order chi connectivity index (χ0) is 18.8. The lowest BCUT2D eigenvalue weighted by Gasteiger charge is -2.12. The van der Waals surface area contributed by atoms with Crippen molar-refractivity contribution in [1.29, 1.82) is 0 Å². The molecule has 0 radical (unpaired) electrons. The van der Waals surface area contributed by atoms with Crippen LogP contribution >= 0.6 is 24.0 Å². The van der Waals surface area contributed by atoms with E-state index in [0.29, 0.717) is 24.6 Å². The van der Waals surface area contributed by atoms with E-state index >= 15 is 0 Å². The van der Waals surface area contributed by atoms with Crippen molar-refractivity contribution in [3.8, 4) is 0 Å². The molecule has 0 fully saturated rings. The molecule has 27 heavy (non-hydrogen) atoms. The quantitative estimate of drug-likeness (QED) is 0.335. The maximum Gasteiger partial charge on any atom is 0.411 e. The Morgan fingerprint density at radius 3 is 2.48 bits per heavy atom. The average molecular weight is 497 g/mol. The van der Waals surface area contributed by atoms with E-state index in [-0.39, 0.29) is 30.6 Å². The van der Waals surface area contributed by atoms with E-state index in [2.05, 4.69) is 25.3 Å². The Bertz CT molecular complexity index is 675. The summed E-state index contributed by atoms with van der Waals surface area (Å²) in [5, 5.41) is 6.38. The van der Waals surface area contributed by atoms with Gasteiger partial charge in [0.05, 0.1) is 12.9 Å². The Balaban J connectivity index is 0.00000364. The normalized spacial score (nSPS) is 11.8. The van der Waals surface area contributed by atoms with Gasteiger partial charge in [0.2, 0.25) is 0 Å². The number of rotatable bonds is 8. The van der Waals surface area contributed by atoms with Gasteiger partial charge in [0.1, 0.15) is 6.61 Å². The van der Waals surface area contributed by atoms with E-state index in [1.807, 2.05) is 22.9 Å². The third kappa shape index (κ3) is 9.61. The van der Waals surface area contributed by atoms with Crippen LogP contribution in [0.1, 0.15) is 11.1 Å². The van der Waals surface area contributed by atoms with Crippen molar-refractivity contribution >= 4 is 29.9 Å². The Labute approximate surface area is 173 Å². The second-order valence-corrected chi connectivity index (χ2v) is 5.58. The van der Waals surface area contributed by atoms with E-state index in [1.54, 1.807) is 31.7 Å². The van der Waals surface area contributed by atoms with Crippen molar-refractivity contribution in [3.63, 3.8) is 0 Å². The van der Waals surface area contributed by atoms with E-state index in [1.165, 1.54) is 0 Å². The van der Waals surface area contributed by atoms with Gasteiger partial charge in [-0.05, 0) is 11.1 Å². The summed E-state index contributed by atoms with van der Waals surface area (Å²) >= 11 is 0. The SMILES string of the molecule is CN=C(NCCn1ccnc1)NCc1ccc(COCC(F)(F)F)cc1.I. The van der Waals surface area contributed by atoms with E-state index in [0.717, 1.165) is 12.1 Å². The maximum atomic E-state index is 12.0. The lowest BCUT2D eigenvalue weighted by molar-refractivity contribution is -0.176. The molecule has 0 saturated heterocycles. The lowest BCUT2D eigenvalue weighted by atomic mass is 10.1. The summed E-state index contributed by atoms with van der Waals surface area (Å²) in [6, 6.07) is 7.20. The molecule has 1 aromatic carbocycles. The molecule has 2 rings (SSSR count). The molecule has 0 unspecified atom stereocenters. The minimum Gasteiger partial charge on any atom is -0.367 e. The highest BCUT2D eigenvalue weighted by molar-refractivity contribution is 14.0. The van der Waals surface area contributed by atoms with Crippen molar-refractivity contribution in [1.82, 2.24) is 20.2 Å². The van der Waals surface area contributed by atoms with Gasteiger partial charge in [-0.15, -0.1) is 24.0 Å². The van der Waals surface area contributed by atoms with Gasteiger partial charge in [0, 0.05) is 39.1 Å². The van der Waals surface area contributed by atoms with Crippen LogP contribution in [0.25, 0.3) is 0 Å². The highest BCUT2D eigenvalue weighted by Gasteiger charge is 2.27. The molecule has 0 aliphatic carbocycles. The first-order valence-electron chi connectivity index (χ1n) is 8.09. The molecule has 0 bridgehead atoms. The smallest absolute Gasteiger partial charge is 0.367 e. The van der Waals surface area contributed by atoms with Crippen molar-refractivity contribution < 1.29 is 17.9 Å². The van der Waals surface area contributed by atoms with Crippen LogP contribution in [0, 0.1) is 0 Å². The number of hydrogen-bond donors (Lipinski definition) is 2. The van der Waals surface area contributed by atoms with Crippen LogP contribution < -0.4 is 10.6 Å². The Hall–Kier alpha value is -1.82. The lowest BCUT2D eigenvalue weighted by Crippen LogP contribution is -2.38. The summed E-state index contributed by atoms with van der Waals surface area (Å²) < 4.78 is 42.7. The Morgan fingerprint density at radius 2 is 1.89 bits per heavy atom. The molecule has 0 atom stereocenters. The fraction of sp³-hybridized carbons (Fsp3) is 0.412. The second-order valence-electron chi connectivity index (χ2n) is 5.58. The van der Waals surface area contributed by atoms with Gasteiger partial charge in [-0.2, -0.15) is 13.2 Å². The standard InChI is InChI=1S/C17H22F3N5O.HI/c1-21-16(23-7-9-25-8-6-22-13-25)24-10-14-2-4-15(5-3-14)11-26-12-17(18,19)20;/h2-6,8,13H,7,9-12H2,1H3,(H2,21,23,24);1H. The first kappa shape index (κ1) is 23.2. The topological polar surface area (TPSA) is 63.5 Å². The number of ether oxygens (including phenoxy) is 1. The summed E-state index contributed by atoms with van der Waals surface area (Å²) in [7, 11) is 1.69. The number of aliphatic imine (C=N–C) groups is 1. The molecule has 1 aromatic heterocycles. The number of halogens is 4. The van der Waals surface area contributed by atoms with Crippen molar-refractivity contribution in [2.45, 2.75) is 25.9 Å². The Morgan fingerprint density at radius 1 is 1.19 bits per heavy atom. The van der Waals surface area contributed by atoms with Crippen LogP contribution in [0.4, 0.5) is 13.2 Å². The average Bonchev–Trinajstić information content (AvgIpc) is 3.11. The number of aromatic nitrogens is 2. The summed E-state index contributed by atoms with van der Waals surface area (Å²) in [5.41, 5.74) is 1.68.